The van der Waals surface area contributed by atoms with Gasteiger partial charge in [0.05, 0.1) is 22.7 Å². The third-order valence-corrected chi connectivity index (χ3v) is 6.62. The van der Waals surface area contributed by atoms with Crippen molar-refractivity contribution >= 4 is 34.8 Å². The smallest absolute Gasteiger partial charge is 0.390 e. The highest BCUT2D eigenvalue weighted by Gasteiger charge is 2.39. The number of alkyl halides is 3. The number of rotatable bonds is 3. The van der Waals surface area contributed by atoms with E-state index >= 15 is 0 Å². The molecule has 2 aromatic rings. The van der Waals surface area contributed by atoms with Gasteiger partial charge >= 0.3 is 6.18 Å². The Kier molecular flexibility index (Phi) is 6.58. The van der Waals surface area contributed by atoms with Gasteiger partial charge in [0.2, 0.25) is 0 Å². The average molecular weight is 488 g/mol. The van der Waals surface area contributed by atoms with Crippen molar-refractivity contribution in [1.29, 1.82) is 0 Å². The third-order valence-electron chi connectivity index (χ3n) is 6.04. The summed E-state index contributed by atoms with van der Waals surface area (Å²) in [5, 5.41) is 10.8. The molecule has 4 rings (SSSR count). The molecule has 2 aromatic carbocycles. The second-order valence-corrected chi connectivity index (χ2v) is 8.88. The standard InChI is InChI=1S/C22H22Cl2F3N3O2/c23-15-3-1-14(2-4-15)21(32)29-9-7-28(8-10-29)19-12-30(13-20(19)31)16-5-6-18(24)17(11-16)22(25,26)27/h1-6,11,19-20,31H,7-10,12-13H2/t19-,20-/m1/s1. The fraction of sp³-hybridized carbons (Fsp3) is 0.409. The van der Waals surface area contributed by atoms with Crippen LogP contribution in [-0.2, 0) is 6.18 Å². The summed E-state index contributed by atoms with van der Waals surface area (Å²) in [6.45, 7) is 2.78. The van der Waals surface area contributed by atoms with E-state index in [0.717, 1.165) is 6.07 Å². The summed E-state index contributed by atoms with van der Waals surface area (Å²) >= 11 is 11.6. The molecule has 0 aliphatic carbocycles. The van der Waals surface area contributed by atoms with Crippen molar-refractivity contribution in [2.75, 3.05) is 44.2 Å². The Labute approximate surface area is 193 Å². The first-order chi connectivity index (χ1) is 15.1. The van der Waals surface area contributed by atoms with Gasteiger partial charge in [-0.2, -0.15) is 13.2 Å². The number of anilines is 1. The molecule has 2 heterocycles. The van der Waals surface area contributed by atoms with Gasteiger partial charge in [0.25, 0.3) is 5.91 Å². The summed E-state index contributed by atoms with van der Waals surface area (Å²) in [7, 11) is 0. The molecule has 0 spiro atoms. The molecule has 172 valence electrons. The summed E-state index contributed by atoms with van der Waals surface area (Å²) in [6.07, 6.45) is -5.25. The van der Waals surface area contributed by atoms with Gasteiger partial charge in [-0.3, -0.25) is 9.69 Å². The summed E-state index contributed by atoms with van der Waals surface area (Å²) in [5.74, 6) is -0.0734. The zero-order valence-corrected chi connectivity index (χ0v) is 18.5. The van der Waals surface area contributed by atoms with E-state index in [4.69, 9.17) is 23.2 Å². The Bertz CT molecular complexity index is 979. The van der Waals surface area contributed by atoms with E-state index in [-0.39, 0.29) is 23.5 Å². The number of piperazine rings is 1. The van der Waals surface area contributed by atoms with E-state index < -0.39 is 17.8 Å². The maximum atomic E-state index is 13.2. The number of amides is 1. The number of β-amino-alcohol motifs (C(OH)–C–C–N with tert-alkyl or cyclic N) is 1. The van der Waals surface area contributed by atoms with Crippen LogP contribution < -0.4 is 4.90 Å². The molecule has 32 heavy (non-hydrogen) atoms. The fourth-order valence-corrected chi connectivity index (χ4v) is 4.65. The quantitative estimate of drug-likeness (QED) is 0.710. The predicted octanol–water partition coefficient (Wildman–Crippen LogP) is 4.02. The molecule has 5 nitrogen and oxygen atoms in total. The van der Waals surface area contributed by atoms with Crippen LogP contribution in [-0.4, -0.2) is 72.2 Å². The van der Waals surface area contributed by atoms with Crippen LogP contribution in [0.25, 0.3) is 0 Å². The Hall–Kier alpha value is -2.00. The third kappa shape index (κ3) is 4.83. The lowest BCUT2D eigenvalue weighted by Gasteiger charge is -2.38. The number of benzene rings is 2. The number of carbonyl (C=O) groups is 1. The summed E-state index contributed by atoms with van der Waals surface area (Å²) in [4.78, 5) is 18.3. The second-order valence-electron chi connectivity index (χ2n) is 8.04. The molecule has 0 saturated carbocycles. The Balaban J connectivity index is 1.39. The number of nitrogens with zero attached hydrogens (tertiary/aromatic N) is 3. The number of aliphatic hydroxyl groups excluding tert-OH is 1. The molecule has 0 aromatic heterocycles. The Morgan fingerprint density at radius 3 is 2.25 bits per heavy atom. The molecule has 0 unspecified atom stereocenters. The molecule has 0 radical (unpaired) electrons. The van der Waals surface area contributed by atoms with Crippen LogP contribution in [0.1, 0.15) is 15.9 Å². The first kappa shape index (κ1) is 23.2. The van der Waals surface area contributed by atoms with Gasteiger partial charge in [-0.15, -0.1) is 0 Å². The maximum Gasteiger partial charge on any atom is 0.417 e. The van der Waals surface area contributed by atoms with Crippen LogP contribution >= 0.6 is 23.2 Å². The predicted molar refractivity (Wildman–Crippen MR) is 117 cm³/mol. The summed E-state index contributed by atoms with van der Waals surface area (Å²) < 4.78 is 39.6. The van der Waals surface area contributed by atoms with E-state index in [9.17, 15) is 23.1 Å². The highest BCUT2D eigenvalue weighted by atomic mass is 35.5. The van der Waals surface area contributed by atoms with E-state index in [1.807, 2.05) is 0 Å². The van der Waals surface area contributed by atoms with Gasteiger partial charge in [0, 0.05) is 55.5 Å². The number of carbonyl (C=O) groups excluding carboxylic acids is 1. The number of hydrogen-bond acceptors (Lipinski definition) is 4. The molecule has 2 aliphatic rings. The SMILES string of the molecule is O=C(c1ccc(Cl)cc1)N1CCN([C@@H]2CN(c3ccc(Cl)c(C(F)(F)F)c3)C[C@H]2O)CC1. The molecule has 2 aliphatic heterocycles. The van der Waals surface area contributed by atoms with Gasteiger partial charge in [-0.1, -0.05) is 23.2 Å². The molecule has 0 bridgehead atoms. The van der Waals surface area contributed by atoms with Crippen LogP contribution in [0.5, 0.6) is 0 Å². The molecule has 1 N–H and O–H groups in total. The van der Waals surface area contributed by atoms with Crippen LogP contribution in [0.2, 0.25) is 10.0 Å². The number of aliphatic hydroxyl groups is 1. The van der Waals surface area contributed by atoms with Gasteiger partial charge in [-0.25, -0.2) is 0 Å². The van der Waals surface area contributed by atoms with Gasteiger partial charge in [0.15, 0.2) is 0 Å². The van der Waals surface area contributed by atoms with E-state index in [1.165, 1.54) is 12.1 Å². The van der Waals surface area contributed by atoms with Gasteiger partial charge < -0.3 is 14.9 Å². The fourth-order valence-electron chi connectivity index (χ4n) is 4.30. The molecule has 1 amide bonds. The van der Waals surface area contributed by atoms with Crippen LogP contribution in [0.15, 0.2) is 42.5 Å². The zero-order chi connectivity index (χ0) is 23.0. The van der Waals surface area contributed by atoms with Crippen molar-refractivity contribution in [3.05, 3.63) is 63.6 Å². The Morgan fingerprint density at radius 1 is 0.969 bits per heavy atom. The first-order valence-corrected chi connectivity index (χ1v) is 11.0. The Morgan fingerprint density at radius 2 is 1.62 bits per heavy atom. The molecule has 2 saturated heterocycles. The molecule has 2 fully saturated rings. The van der Waals surface area contributed by atoms with Gasteiger partial charge in [-0.05, 0) is 42.5 Å². The van der Waals surface area contributed by atoms with E-state index in [2.05, 4.69) is 4.90 Å². The molecular formula is C22H22Cl2F3N3O2. The summed E-state index contributed by atoms with van der Waals surface area (Å²) in [5.41, 5.74) is 0.0573. The van der Waals surface area contributed by atoms with Crippen molar-refractivity contribution in [2.24, 2.45) is 0 Å². The highest BCUT2D eigenvalue weighted by molar-refractivity contribution is 6.31. The van der Waals surface area contributed by atoms with Crippen LogP contribution in [0.4, 0.5) is 18.9 Å². The molecule has 2 atom stereocenters. The minimum atomic E-state index is -4.54. The largest absolute Gasteiger partial charge is 0.417 e. The van der Waals surface area contributed by atoms with Gasteiger partial charge in [0.1, 0.15) is 0 Å². The zero-order valence-electron chi connectivity index (χ0n) is 17.0. The van der Waals surface area contributed by atoms with Crippen LogP contribution in [0, 0.1) is 0 Å². The molecule has 10 heteroatoms. The lowest BCUT2D eigenvalue weighted by molar-refractivity contribution is -0.137. The monoisotopic (exact) mass is 487 g/mol. The second kappa shape index (κ2) is 9.09. The average Bonchev–Trinajstić information content (AvgIpc) is 3.15. The van der Waals surface area contributed by atoms with E-state index in [1.54, 1.807) is 34.1 Å². The first-order valence-electron chi connectivity index (χ1n) is 10.2. The topological polar surface area (TPSA) is 47.0 Å². The van der Waals surface area contributed by atoms with Crippen molar-refractivity contribution in [1.82, 2.24) is 9.80 Å². The van der Waals surface area contributed by atoms with Crippen molar-refractivity contribution in [2.45, 2.75) is 18.3 Å². The number of halogens is 5. The normalized spacial score (nSPS) is 22.4. The number of hydrogen-bond donors (Lipinski definition) is 1. The van der Waals surface area contributed by atoms with Crippen molar-refractivity contribution < 1.29 is 23.1 Å². The summed E-state index contributed by atoms with van der Waals surface area (Å²) in [6, 6.07) is 10.3. The van der Waals surface area contributed by atoms with Crippen molar-refractivity contribution in [3.8, 4) is 0 Å². The minimum absolute atomic E-state index is 0.0734. The highest BCUT2D eigenvalue weighted by Crippen LogP contribution is 2.37. The maximum absolute atomic E-state index is 13.2. The van der Waals surface area contributed by atoms with Crippen molar-refractivity contribution in [3.63, 3.8) is 0 Å². The lowest BCUT2D eigenvalue weighted by Crippen LogP contribution is -2.54. The minimum Gasteiger partial charge on any atom is -0.390 e. The molecular weight excluding hydrogens is 466 g/mol. The van der Waals surface area contributed by atoms with E-state index in [0.29, 0.717) is 49.0 Å². The lowest BCUT2D eigenvalue weighted by atomic mass is 10.1. The van der Waals surface area contributed by atoms with Crippen LogP contribution in [0.3, 0.4) is 0 Å².